The molecule has 0 atom stereocenters. The van der Waals surface area contributed by atoms with Gasteiger partial charge in [-0.1, -0.05) is 12.1 Å². The van der Waals surface area contributed by atoms with Gasteiger partial charge in [-0.2, -0.15) is 0 Å². The molecule has 35 heavy (non-hydrogen) atoms. The third kappa shape index (κ3) is 4.91. The van der Waals surface area contributed by atoms with E-state index in [0.717, 1.165) is 68.4 Å². The van der Waals surface area contributed by atoms with Crippen LogP contribution in [-0.2, 0) is 24.2 Å². The number of benzene rings is 1. The number of Topliss-reactive ketones (excluding diaryl/α,β-unsaturated/α-hetero) is 1. The predicted octanol–water partition coefficient (Wildman–Crippen LogP) is 5.34. The molecule has 2 aromatic heterocycles. The third-order valence-corrected chi connectivity index (χ3v) is 8.85. The summed E-state index contributed by atoms with van der Waals surface area (Å²) in [6, 6.07) is 4.62. The third-order valence-electron chi connectivity index (χ3n) is 7.49. The standard InChI is InChI=1S/C27H32FN3O3S/c1-3-24-26(21-10-14-31(17(2)32)16-25(21)35-24)22(33)5-4-11-30-12-8-18(9-13-30)27-20-7-6-19(28)15-23(20)34-29-27/h6-7,15,18H,3-5,8-14,16H2,1-2H3. The topological polar surface area (TPSA) is 66.7 Å². The molecular formula is C27H32FN3O3S. The van der Waals surface area contributed by atoms with Gasteiger partial charge >= 0.3 is 0 Å². The van der Waals surface area contributed by atoms with Gasteiger partial charge in [0.05, 0.1) is 12.2 Å². The maximum Gasteiger partial charge on any atom is 0.219 e. The highest BCUT2D eigenvalue weighted by atomic mass is 32.1. The largest absolute Gasteiger partial charge is 0.356 e. The molecule has 2 aliphatic rings. The van der Waals surface area contributed by atoms with Gasteiger partial charge in [0.25, 0.3) is 0 Å². The fraction of sp³-hybridized carbons (Fsp3) is 0.519. The average molecular weight is 498 g/mol. The highest BCUT2D eigenvalue weighted by molar-refractivity contribution is 7.12. The van der Waals surface area contributed by atoms with Crippen LogP contribution in [0.4, 0.5) is 4.39 Å². The Morgan fingerprint density at radius 2 is 2.03 bits per heavy atom. The lowest BCUT2D eigenvalue weighted by Crippen LogP contribution is -2.34. The molecule has 4 heterocycles. The Morgan fingerprint density at radius 3 is 2.77 bits per heavy atom. The molecule has 0 N–H and O–H groups in total. The minimum Gasteiger partial charge on any atom is -0.356 e. The van der Waals surface area contributed by atoms with Crippen LogP contribution in [-0.4, -0.2) is 52.8 Å². The molecule has 3 aromatic rings. The maximum absolute atomic E-state index is 13.4. The summed E-state index contributed by atoms with van der Waals surface area (Å²) in [5, 5.41) is 5.15. The molecule has 6 nitrogen and oxygen atoms in total. The van der Waals surface area contributed by atoms with Crippen molar-refractivity contribution in [3.8, 4) is 0 Å². The van der Waals surface area contributed by atoms with Crippen LogP contribution in [0.3, 0.4) is 0 Å². The van der Waals surface area contributed by atoms with E-state index in [9.17, 15) is 14.0 Å². The van der Waals surface area contributed by atoms with Gasteiger partial charge in [-0.3, -0.25) is 9.59 Å². The van der Waals surface area contributed by atoms with Gasteiger partial charge in [0.2, 0.25) is 5.91 Å². The van der Waals surface area contributed by atoms with Crippen LogP contribution >= 0.6 is 11.3 Å². The summed E-state index contributed by atoms with van der Waals surface area (Å²) in [5.74, 6) is 0.367. The second-order valence-corrected chi connectivity index (χ2v) is 10.9. The van der Waals surface area contributed by atoms with E-state index in [4.69, 9.17) is 4.52 Å². The fourth-order valence-electron chi connectivity index (χ4n) is 5.55. The van der Waals surface area contributed by atoms with E-state index >= 15 is 0 Å². The molecule has 1 saturated heterocycles. The molecule has 5 rings (SSSR count). The predicted molar refractivity (Wildman–Crippen MR) is 134 cm³/mol. The molecule has 1 aromatic carbocycles. The second-order valence-electron chi connectivity index (χ2n) is 9.70. The number of aryl methyl sites for hydroxylation is 1. The number of piperidine rings is 1. The first-order valence-corrected chi connectivity index (χ1v) is 13.5. The van der Waals surface area contributed by atoms with Crippen molar-refractivity contribution in [2.75, 3.05) is 26.2 Å². The van der Waals surface area contributed by atoms with Crippen LogP contribution in [0.1, 0.15) is 76.8 Å². The molecule has 2 aliphatic heterocycles. The number of amides is 1. The van der Waals surface area contributed by atoms with E-state index in [-0.39, 0.29) is 17.5 Å². The monoisotopic (exact) mass is 497 g/mol. The van der Waals surface area contributed by atoms with Gasteiger partial charge < -0.3 is 14.3 Å². The number of ketones is 1. The minimum absolute atomic E-state index is 0.101. The van der Waals surface area contributed by atoms with E-state index in [1.807, 2.05) is 4.90 Å². The van der Waals surface area contributed by atoms with Crippen molar-refractivity contribution in [1.29, 1.82) is 0 Å². The molecule has 8 heteroatoms. The lowest BCUT2D eigenvalue weighted by molar-refractivity contribution is -0.129. The van der Waals surface area contributed by atoms with Crippen molar-refractivity contribution >= 4 is 34.0 Å². The number of carbonyl (C=O) groups is 2. The zero-order chi connectivity index (χ0) is 24.5. The Labute approximate surface area is 209 Å². The van der Waals surface area contributed by atoms with Crippen molar-refractivity contribution in [3.63, 3.8) is 0 Å². The molecule has 186 valence electrons. The summed E-state index contributed by atoms with van der Waals surface area (Å²) < 4.78 is 18.8. The number of thiophene rings is 1. The SMILES string of the molecule is CCc1sc2c(c1C(=O)CCCN1CCC(c3noc4cc(F)ccc34)CC1)CCN(C(C)=O)C2. The van der Waals surface area contributed by atoms with Crippen LogP contribution < -0.4 is 0 Å². The molecule has 1 amide bonds. The van der Waals surface area contributed by atoms with Crippen LogP contribution in [0.2, 0.25) is 0 Å². The summed E-state index contributed by atoms with van der Waals surface area (Å²) >= 11 is 1.71. The van der Waals surface area contributed by atoms with Crippen LogP contribution in [0.25, 0.3) is 11.0 Å². The Bertz CT molecular complexity index is 1240. The van der Waals surface area contributed by atoms with Crippen LogP contribution in [0.15, 0.2) is 22.7 Å². The lowest BCUT2D eigenvalue weighted by atomic mass is 9.91. The first-order chi connectivity index (χ1) is 16.9. The number of carbonyl (C=O) groups excluding carboxylic acids is 2. The number of hydrogen-bond donors (Lipinski definition) is 0. The van der Waals surface area contributed by atoms with Gasteiger partial charge in [0.15, 0.2) is 11.4 Å². The first kappa shape index (κ1) is 24.1. The Kier molecular flexibility index (Phi) is 7.02. The lowest BCUT2D eigenvalue weighted by Gasteiger charge is -2.31. The number of fused-ring (bicyclic) bond motifs is 2. The number of likely N-dealkylation sites (tertiary alicyclic amines) is 1. The number of nitrogens with zero attached hydrogens (tertiary/aromatic N) is 3. The summed E-state index contributed by atoms with van der Waals surface area (Å²) in [5.41, 5.74) is 3.59. The summed E-state index contributed by atoms with van der Waals surface area (Å²) in [6.07, 6.45) is 5.02. The van der Waals surface area contributed by atoms with Gasteiger partial charge in [-0.25, -0.2) is 4.39 Å². The highest BCUT2D eigenvalue weighted by Gasteiger charge is 2.28. The molecule has 0 saturated carbocycles. The summed E-state index contributed by atoms with van der Waals surface area (Å²) in [6.45, 7) is 7.90. The van der Waals surface area contributed by atoms with Gasteiger partial charge in [-0.05, 0) is 69.4 Å². The van der Waals surface area contributed by atoms with Crippen molar-refractivity contribution in [2.45, 2.75) is 64.8 Å². The molecule has 0 aliphatic carbocycles. The normalized spacial score (nSPS) is 17.2. The van der Waals surface area contributed by atoms with E-state index in [1.54, 1.807) is 24.3 Å². The van der Waals surface area contributed by atoms with Crippen molar-refractivity contribution < 1.29 is 18.5 Å². The molecule has 0 radical (unpaired) electrons. The van der Waals surface area contributed by atoms with Crippen molar-refractivity contribution in [1.82, 2.24) is 15.0 Å². The van der Waals surface area contributed by atoms with Crippen molar-refractivity contribution in [3.05, 3.63) is 50.6 Å². The smallest absolute Gasteiger partial charge is 0.219 e. The fourth-order valence-corrected chi connectivity index (χ4v) is 6.87. The van der Waals surface area contributed by atoms with E-state index in [2.05, 4.69) is 17.0 Å². The van der Waals surface area contributed by atoms with Gasteiger partial charge in [0, 0.05) is 52.6 Å². The minimum atomic E-state index is -0.309. The molecule has 0 bridgehead atoms. The zero-order valence-electron chi connectivity index (χ0n) is 20.4. The number of aromatic nitrogens is 1. The molecule has 0 spiro atoms. The zero-order valence-corrected chi connectivity index (χ0v) is 21.3. The maximum atomic E-state index is 13.4. The van der Waals surface area contributed by atoms with E-state index in [0.29, 0.717) is 31.0 Å². The number of rotatable bonds is 7. The molecular weight excluding hydrogens is 465 g/mol. The Balaban J connectivity index is 1.14. The van der Waals surface area contributed by atoms with Gasteiger partial charge in [-0.15, -0.1) is 11.3 Å². The van der Waals surface area contributed by atoms with E-state index < -0.39 is 0 Å². The number of hydrogen-bond acceptors (Lipinski definition) is 6. The van der Waals surface area contributed by atoms with Crippen LogP contribution in [0, 0.1) is 5.82 Å². The average Bonchev–Trinajstić information content (AvgIpc) is 3.44. The highest BCUT2D eigenvalue weighted by Crippen LogP contribution is 2.35. The second kappa shape index (κ2) is 10.2. The van der Waals surface area contributed by atoms with Crippen molar-refractivity contribution in [2.24, 2.45) is 0 Å². The summed E-state index contributed by atoms with van der Waals surface area (Å²) in [7, 11) is 0. The quantitative estimate of drug-likeness (QED) is 0.413. The molecule has 0 unspecified atom stereocenters. The summed E-state index contributed by atoms with van der Waals surface area (Å²) in [4.78, 5) is 31.7. The van der Waals surface area contributed by atoms with E-state index in [1.165, 1.54) is 27.5 Å². The molecule has 1 fully saturated rings. The Hall–Kier alpha value is -2.58. The first-order valence-electron chi connectivity index (χ1n) is 12.6. The van der Waals surface area contributed by atoms with Crippen LogP contribution in [0.5, 0.6) is 0 Å². The number of halogens is 1. The van der Waals surface area contributed by atoms with Gasteiger partial charge in [0.1, 0.15) is 5.82 Å². The Morgan fingerprint density at radius 1 is 1.23 bits per heavy atom.